The number of pyridine rings is 1. The molecule has 0 radical (unpaired) electrons. The molecule has 7 heteroatoms. The van der Waals surface area contributed by atoms with Crippen LogP contribution in [0.4, 0.5) is 14.5 Å². The Balaban J connectivity index is 2.35. The lowest BCUT2D eigenvalue weighted by Gasteiger charge is -2.08. The molecule has 0 fully saturated rings. The highest BCUT2D eigenvalue weighted by molar-refractivity contribution is 9.10. The number of carbonyl (C=O) groups is 1. The van der Waals surface area contributed by atoms with Crippen molar-refractivity contribution in [1.82, 2.24) is 4.98 Å². The Morgan fingerprint density at radius 3 is 2.40 bits per heavy atom. The normalized spacial score (nSPS) is 10.4. The van der Waals surface area contributed by atoms with E-state index in [4.69, 9.17) is 0 Å². The van der Waals surface area contributed by atoms with Gasteiger partial charge in [0.25, 0.3) is 11.5 Å². The number of hydrogen-bond acceptors (Lipinski definition) is 2. The Labute approximate surface area is 121 Å². The van der Waals surface area contributed by atoms with Crippen molar-refractivity contribution in [1.29, 1.82) is 0 Å². The number of carbonyl (C=O) groups excluding carboxylic acids is 1. The van der Waals surface area contributed by atoms with Gasteiger partial charge in [-0.3, -0.25) is 9.59 Å². The highest BCUT2D eigenvalue weighted by Gasteiger charge is 2.16. The predicted octanol–water partition coefficient (Wildman–Crippen LogP) is 2.98. The minimum absolute atomic E-state index is 0.207. The maximum absolute atomic E-state index is 13.6. The van der Waals surface area contributed by atoms with Crippen LogP contribution in [0.5, 0.6) is 0 Å². The van der Waals surface area contributed by atoms with Crippen molar-refractivity contribution in [2.24, 2.45) is 0 Å². The van der Waals surface area contributed by atoms with Gasteiger partial charge in [0.1, 0.15) is 11.3 Å². The van der Waals surface area contributed by atoms with Crippen LogP contribution in [0.25, 0.3) is 0 Å². The summed E-state index contributed by atoms with van der Waals surface area (Å²) in [5, 5.41) is 2.05. The van der Waals surface area contributed by atoms with Gasteiger partial charge in [-0.25, -0.2) is 8.78 Å². The molecule has 0 aliphatic rings. The molecule has 20 heavy (non-hydrogen) atoms. The third-order valence-electron chi connectivity index (χ3n) is 2.55. The molecule has 2 aromatic rings. The molecule has 4 nitrogen and oxygen atoms in total. The van der Waals surface area contributed by atoms with Gasteiger partial charge in [-0.1, -0.05) is 15.9 Å². The first-order chi connectivity index (χ1) is 9.38. The van der Waals surface area contributed by atoms with E-state index in [0.717, 1.165) is 12.1 Å². The third kappa shape index (κ3) is 2.93. The second-order valence-corrected chi connectivity index (χ2v) is 5.00. The van der Waals surface area contributed by atoms with Crippen LogP contribution in [0.1, 0.15) is 16.1 Å². The number of halogens is 3. The first kappa shape index (κ1) is 14.4. The van der Waals surface area contributed by atoms with E-state index in [1.54, 1.807) is 6.92 Å². The van der Waals surface area contributed by atoms with Gasteiger partial charge in [0.2, 0.25) is 0 Å². The first-order valence-electron chi connectivity index (χ1n) is 5.54. The molecule has 0 saturated heterocycles. The summed E-state index contributed by atoms with van der Waals surface area (Å²) in [7, 11) is 0. The molecule has 1 aromatic heterocycles. The van der Waals surface area contributed by atoms with Crippen molar-refractivity contribution in [3.63, 3.8) is 0 Å². The standard InChI is InChI=1S/C13H9BrF2N2O2/c1-6-2-3-8(12(19)17-6)13(20)18-11-9(15)4-7(14)5-10(11)16/h2-5H,1H3,(H,17,19)(H,18,20). The Kier molecular flexibility index (Phi) is 3.99. The molecule has 1 aromatic carbocycles. The van der Waals surface area contributed by atoms with Crippen molar-refractivity contribution in [3.05, 3.63) is 62.0 Å². The molecule has 0 aliphatic carbocycles. The van der Waals surface area contributed by atoms with E-state index < -0.39 is 28.8 Å². The fraction of sp³-hybridized carbons (Fsp3) is 0.0769. The number of anilines is 1. The number of H-pyrrole nitrogens is 1. The van der Waals surface area contributed by atoms with E-state index in [9.17, 15) is 18.4 Å². The second-order valence-electron chi connectivity index (χ2n) is 4.08. The van der Waals surface area contributed by atoms with Crippen molar-refractivity contribution in [3.8, 4) is 0 Å². The SMILES string of the molecule is Cc1ccc(C(=O)Nc2c(F)cc(Br)cc2F)c(=O)[nH]1. The zero-order valence-corrected chi connectivity index (χ0v) is 11.8. The summed E-state index contributed by atoms with van der Waals surface area (Å²) in [5.74, 6) is -2.76. The predicted molar refractivity (Wildman–Crippen MR) is 73.8 cm³/mol. The Hall–Kier alpha value is -2.02. The topological polar surface area (TPSA) is 62.0 Å². The van der Waals surface area contributed by atoms with Crippen molar-refractivity contribution >= 4 is 27.5 Å². The highest BCUT2D eigenvalue weighted by Crippen LogP contribution is 2.24. The van der Waals surface area contributed by atoms with Crippen LogP contribution < -0.4 is 10.9 Å². The monoisotopic (exact) mass is 342 g/mol. The molecular weight excluding hydrogens is 334 g/mol. The maximum Gasteiger partial charge on any atom is 0.261 e. The zero-order valence-electron chi connectivity index (χ0n) is 10.3. The molecule has 1 heterocycles. The minimum Gasteiger partial charge on any atom is -0.326 e. The molecule has 0 atom stereocenters. The Bertz CT molecular complexity index is 720. The number of amides is 1. The fourth-order valence-corrected chi connectivity index (χ4v) is 2.00. The highest BCUT2D eigenvalue weighted by atomic mass is 79.9. The molecule has 0 spiro atoms. The van der Waals surface area contributed by atoms with Gasteiger partial charge in [0.15, 0.2) is 11.6 Å². The van der Waals surface area contributed by atoms with Crippen LogP contribution in [-0.2, 0) is 0 Å². The van der Waals surface area contributed by atoms with Gasteiger partial charge >= 0.3 is 0 Å². The molecule has 0 bridgehead atoms. The van der Waals surface area contributed by atoms with Crippen LogP contribution in [0.2, 0.25) is 0 Å². The van der Waals surface area contributed by atoms with Crippen LogP contribution in [0, 0.1) is 18.6 Å². The largest absolute Gasteiger partial charge is 0.326 e. The van der Waals surface area contributed by atoms with E-state index >= 15 is 0 Å². The van der Waals surface area contributed by atoms with Crippen LogP contribution in [0.3, 0.4) is 0 Å². The average Bonchev–Trinajstić information content (AvgIpc) is 2.33. The van der Waals surface area contributed by atoms with Crippen LogP contribution in [0.15, 0.2) is 33.5 Å². The minimum atomic E-state index is -0.936. The van der Waals surface area contributed by atoms with E-state index in [1.165, 1.54) is 12.1 Å². The molecule has 2 rings (SSSR count). The number of nitrogens with one attached hydrogen (secondary N) is 2. The molecular formula is C13H9BrF2N2O2. The molecule has 0 unspecified atom stereocenters. The van der Waals surface area contributed by atoms with Gasteiger partial charge in [-0.05, 0) is 31.2 Å². The number of aromatic nitrogens is 1. The number of benzene rings is 1. The van der Waals surface area contributed by atoms with Crippen LogP contribution >= 0.6 is 15.9 Å². The van der Waals surface area contributed by atoms with Gasteiger partial charge in [0.05, 0.1) is 0 Å². The zero-order chi connectivity index (χ0) is 14.9. The summed E-state index contributed by atoms with van der Waals surface area (Å²) >= 11 is 2.93. The van der Waals surface area contributed by atoms with Crippen molar-refractivity contribution in [2.75, 3.05) is 5.32 Å². The summed E-state index contributed by atoms with van der Waals surface area (Å²) in [6.07, 6.45) is 0. The summed E-state index contributed by atoms with van der Waals surface area (Å²) in [6, 6.07) is 4.83. The van der Waals surface area contributed by atoms with E-state index in [-0.39, 0.29) is 10.0 Å². The Morgan fingerprint density at radius 2 is 1.85 bits per heavy atom. The molecule has 0 aliphatic heterocycles. The van der Waals surface area contributed by atoms with E-state index in [2.05, 4.69) is 26.2 Å². The second kappa shape index (κ2) is 5.54. The van der Waals surface area contributed by atoms with Gasteiger partial charge in [0, 0.05) is 10.2 Å². The maximum atomic E-state index is 13.6. The fourth-order valence-electron chi connectivity index (χ4n) is 1.59. The van der Waals surface area contributed by atoms with Gasteiger partial charge < -0.3 is 10.3 Å². The quantitative estimate of drug-likeness (QED) is 0.881. The molecule has 1 amide bonds. The summed E-state index contributed by atoms with van der Waals surface area (Å²) in [4.78, 5) is 25.9. The first-order valence-corrected chi connectivity index (χ1v) is 6.33. The average molecular weight is 343 g/mol. The Morgan fingerprint density at radius 1 is 1.25 bits per heavy atom. The number of aryl methyl sites for hydroxylation is 1. The molecule has 2 N–H and O–H groups in total. The van der Waals surface area contributed by atoms with E-state index in [1.807, 2.05) is 0 Å². The number of hydrogen-bond donors (Lipinski definition) is 2. The van der Waals surface area contributed by atoms with Gasteiger partial charge in [-0.2, -0.15) is 0 Å². The molecule has 104 valence electrons. The lowest BCUT2D eigenvalue weighted by Crippen LogP contribution is -2.24. The number of aromatic amines is 1. The molecule has 0 saturated carbocycles. The smallest absolute Gasteiger partial charge is 0.261 e. The van der Waals surface area contributed by atoms with Crippen LogP contribution in [-0.4, -0.2) is 10.9 Å². The van der Waals surface area contributed by atoms with Gasteiger partial charge in [-0.15, -0.1) is 0 Å². The summed E-state index contributed by atoms with van der Waals surface area (Å²) in [6.45, 7) is 1.65. The lowest BCUT2D eigenvalue weighted by atomic mass is 10.2. The third-order valence-corrected chi connectivity index (χ3v) is 3.00. The van der Waals surface area contributed by atoms with E-state index in [0.29, 0.717) is 5.69 Å². The van der Waals surface area contributed by atoms with Crippen molar-refractivity contribution in [2.45, 2.75) is 6.92 Å². The summed E-state index contributed by atoms with van der Waals surface area (Å²) < 4.78 is 27.4. The van der Waals surface area contributed by atoms with Crippen molar-refractivity contribution < 1.29 is 13.6 Å². The number of rotatable bonds is 2. The lowest BCUT2D eigenvalue weighted by molar-refractivity contribution is 0.102. The summed E-state index contributed by atoms with van der Waals surface area (Å²) in [5.41, 5.74) is -0.872.